The molecule has 528 valence electrons. The zero-order valence-electron chi connectivity index (χ0n) is 55.0. The molecule has 23 nitrogen and oxygen atoms in total. The van der Waals surface area contributed by atoms with Crippen molar-refractivity contribution in [2.75, 3.05) is 26.4 Å². The molecule has 0 aliphatic carbocycles. The second-order valence-corrected chi connectivity index (χ2v) is 25.8. The zero-order valence-corrected chi connectivity index (χ0v) is 55.0. The second kappa shape index (κ2) is 48.2. The third kappa shape index (κ3) is 30.5. The van der Waals surface area contributed by atoms with Crippen molar-refractivity contribution >= 4 is 17.8 Å². The van der Waals surface area contributed by atoms with E-state index in [-0.39, 0.29) is 12.3 Å². The number of nitrogens with one attached hydrogen (secondary N) is 2. The number of unbranched alkanes of at least 4 members (excludes halogenated alkanes) is 33. The Kier molecular flexibility index (Phi) is 43.8. The van der Waals surface area contributed by atoms with E-state index in [1.807, 2.05) is 6.08 Å². The lowest BCUT2D eigenvalue weighted by molar-refractivity contribution is -0.386. The number of hydrogen-bond donors (Lipinski definition) is 14. The summed E-state index contributed by atoms with van der Waals surface area (Å²) in [5.41, 5.74) is 0. The quantitative estimate of drug-likeness (QED) is 0.0235. The predicted molar refractivity (Wildman–Crippen MR) is 338 cm³/mol. The number of aliphatic hydroxyl groups is 11. The Morgan fingerprint density at radius 1 is 0.578 bits per heavy atom. The van der Waals surface area contributed by atoms with Gasteiger partial charge < -0.3 is 100 Å². The van der Waals surface area contributed by atoms with E-state index in [1.54, 1.807) is 6.08 Å². The van der Waals surface area contributed by atoms with E-state index in [2.05, 4.69) is 24.5 Å². The van der Waals surface area contributed by atoms with E-state index in [0.29, 0.717) is 12.8 Å². The van der Waals surface area contributed by atoms with E-state index < -0.39 is 155 Å². The van der Waals surface area contributed by atoms with Crippen LogP contribution < -0.4 is 10.6 Å². The normalized spacial score (nSPS) is 28.6. The molecule has 23 heteroatoms. The lowest BCUT2D eigenvalue weighted by atomic mass is 9.88. The molecule has 0 aromatic rings. The van der Waals surface area contributed by atoms with Crippen LogP contribution in [-0.4, -0.2) is 215 Å². The number of carbonyl (C=O) groups is 3. The van der Waals surface area contributed by atoms with Gasteiger partial charge in [-0.25, -0.2) is 4.79 Å². The molecule has 3 rings (SSSR count). The van der Waals surface area contributed by atoms with Gasteiger partial charge in [-0.15, -0.1) is 0 Å². The summed E-state index contributed by atoms with van der Waals surface area (Å²) in [4.78, 5) is 38.5. The topological polar surface area (TPSA) is 373 Å². The lowest BCUT2D eigenvalue weighted by Gasteiger charge is -2.50. The van der Waals surface area contributed by atoms with Crippen LogP contribution in [-0.2, 0) is 42.8 Å². The molecule has 3 aliphatic heterocycles. The van der Waals surface area contributed by atoms with Gasteiger partial charge in [-0.05, 0) is 19.3 Å². The summed E-state index contributed by atoms with van der Waals surface area (Å²) in [6.45, 7) is 2.15. The van der Waals surface area contributed by atoms with Crippen LogP contribution in [0.5, 0.6) is 0 Å². The fourth-order valence-corrected chi connectivity index (χ4v) is 12.4. The molecule has 0 aromatic heterocycles. The number of carboxylic acids is 1. The first-order valence-corrected chi connectivity index (χ1v) is 35.1. The summed E-state index contributed by atoms with van der Waals surface area (Å²) in [5, 5.41) is 136. The van der Waals surface area contributed by atoms with E-state index in [0.717, 1.165) is 51.9 Å². The largest absolute Gasteiger partial charge is 0.477 e. The minimum absolute atomic E-state index is 0.205. The van der Waals surface area contributed by atoms with Crippen molar-refractivity contribution in [2.24, 2.45) is 0 Å². The number of amides is 2. The summed E-state index contributed by atoms with van der Waals surface area (Å²) >= 11 is 0. The average Bonchev–Trinajstić information content (AvgIpc) is 0.837. The van der Waals surface area contributed by atoms with Crippen LogP contribution in [0.4, 0.5) is 0 Å². The van der Waals surface area contributed by atoms with Gasteiger partial charge >= 0.3 is 5.97 Å². The molecular formula is C67H124N2O21. The number of carboxylic acid groups (broad SMARTS) is 1. The van der Waals surface area contributed by atoms with Gasteiger partial charge in [0.05, 0.1) is 50.7 Å². The minimum atomic E-state index is -3.08. The molecule has 3 aliphatic rings. The predicted octanol–water partition coefficient (Wildman–Crippen LogP) is 6.29. The summed E-state index contributed by atoms with van der Waals surface area (Å²) in [6, 6.07) is -2.61. The first kappa shape index (κ1) is 81.7. The number of allylic oxidation sites excluding steroid dienone is 1. The first-order chi connectivity index (χ1) is 43.4. The molecule has 2 amide bonds. The maximum atomic E-state index is 13.5. The van der Waals surface area contributed by atoms with Crippen molar-refractivity contribution in [1.29, 1.82) is 0 Å². The van der Waals surface area contributed by atoms with Gasteiger partial charge in [0.15, 0.2) is 12.6 Å². The number of hydrogen-bond acceptors (Lipinski definition) is 20. The number of carbonyl (C=O) groups excluding carboxylic acids is 2. The third-order valence-corrected chi connectivity index (χ3v) is 18.0. The standard InChI is InChI=1S/C67H124N2O21/c1-4-6-8-10-12-14-16-18-20-22-23-25-27-29-31-33-35-37-39-41-54(77)69-48(49(74)40-38-36-34-32-30-28-26-24-21-19-17-15-13-11-9-7-5-2)46-85-64-59(81)58(80)61(53(45-72)87-64)88-65-60(82)63(57(79)52(44-71)86-65)90-67(66(83)84)42-50(75)55(68-47(3)73)62(89-67)56(78)51(76)43-70/h38,40,48-53,55-65,70-72,74-76,78-82H,4-37,39,41-46H2,1-3H3,(H,68,73)(H,69,77)(H,83,84)/b40-38+. The highest BCUT2D eigenvalue weighted by molar-refractivity contribution is 5.77. The molecule has 18 unspecified atom stereocenters. The molecule has 90 heavy (non-hydrogen) atoms. The number of aliphatic hydroxyl groups excluding tert-OH is 11. The Bertz CT molecular complexity index is 1870. The van der Waals surface area contributed by atoms with Crippen LogP contribution in [0.25, 0.3) is 0 Å². The zero-order chi connectivity index (χ0) is 66.1. The summed E-state index contributed by atoms with van der Waals surface area (Å²) in [5.74, 6) is -6.13. The molecule has 3 heterocycles. The summed E-state index contributed by atoms with van der Waals surface area (Å²) < 4.78 is 34.8. The van der Waals surface area contributed by atoms with Crippen LogP contribution >= 0.6 is 0 Å². The highest BCUT2D eigenvalue weighted by Crippen LogP contribution is 2.39. The van der Waals surface area contributed by atoms with Gasteiger partial charge in [0.25, 0.3) is 5.79 Å². The van der Waals surface area contributed by atoms with Crippen molar-refractivity contribution in [3.05, 3.63) is 12.2 Å². The fraction of sp³-hybridized carbons (Fsp3) is 0.925. The monoisotopic (exact) mass is 1290 g/mol. The maximum absolute atomic E-state index is 13.5. The second-order valence-electron chi connectivity index (χ2n) is 25.8. The van der Waals surface area contributed by atoms with Crippen molar-refractivity contribution in [1.82, 2.24) is 10.6 Å². The van der Waals surface area contributed by atoms with Crippen LogP contribution in [0.15, 0.2) is 12.2 Å². The van der Waals surface area contributed by atoms with Crippen molar-refractivity contribution in [3.63, 3.8) is 0 Å². The SMILES string of the molecule is CCCCCCCCCCCCCCCCC/C=C/C(O)C(COC1OC(CO)C(OC2OC(CO)C(O)C(OC3(C(=O)O)CC(O)C(NC(C)=O)C(C(O)C(O)CO)O3)C2O)C(O)C1O)NC(=O)CCCCCCCCCCCCCCCCCCCCC. The van der Waals surface area contributed by atoms with Crippen molar-refractivity contribution < 1.29 is 104 Å². The fourth-order valence-electron chi connectivity index (χ4n) is 12.4. The molecule has 0 aromatic carbocycles. The van der Waals surface area contributed by atoms with Crippen molar-refractivity contribution in [3.8, 4) is 0 Å². The molecule has 14 N–H and O–H groups in total. The van der Waals surface area contributed by atoms with E-state index >= 15 is 0 Å². The third-order valence-electron chi connectivity index (χ3n) is 18.0. The Labute approximate surface area is 537 Å². The van der Waals surface area contributed by atoms with Gasteiger partial charge in [-0.3, -0.25) is 9.59 Å². The maximum Gasteiger partial charge on any atom is 0.364 e. The Morgan fingerprint density at radius 3 is 1.48 bits per heavy atom. The average molecular weight is 1290 g/mol. The van der Waals surface area contributed by atoms with Crippen molar-refractivity contribution in [2.45, 2.75) is 368 Å². The molecule has 18 atom stereocenters. The van der Waals surface area contributed by atoms with Crippen LogP contribution in [0.2, 0.25) is 0 Å². The van der Waals surface area contributed by atoms with Gasteiger partial charge in [0, 0.05) is 19.8 Å². The molecular weight excluding hydrogens is 1170 g/mol. The smallest absolute Gasteiger partial charge is 0.364 e. The molecule has 0 spiro atoms. The lowest BCUT2D eigenvalue weighted by Crippen LogP contribution is -2.70. The molecule has 0 bridgehead atoms. The highest BCUT2D eigenvalue weighted by Gasteiger charge is 2.60. The van der Waals surface area contributed by atoms with E-state index in [4.69, 9.17) is 28.4 Å². The Hall–Kier alpha value is -2.53. The van der Waals surface area contributed by atoms with Gasteiger partial charge in [0.2, 0.25) is 11.8 Å². The minimum Gasteiger partial charge on any atom is -0.477 e. The summed E-state index contributed by atoms with van der Waals surface area (Å²) in [6.07, 6.45) is 16.8. The van der Waals surface area contributed by atoms with Crippen LogP contribution in [0, 0.1) is 0 Å². The van der Waals surface area contributed by atoms with Gasteiger partial charge in [-0.1, -0.05) is 231 Å². The van der Waals surface area contributed by atoms with Crippen LogP contribution in [0.3, 0.4) is 0 Å². The number of ether oxygens (including phenoxy) is 6. The Balaban J connectivity index is 1.60. The molecule has 0 radical (unpaired) electrons. The Morgan fingerprint density at radius 2 is 1.03 bits per heavy atom. The number of aliphatic carboxylic acids is 1. The molecule has 0 saturated carbocycles. The van der Waals surface area contributed by atoms with E-state index in [1.165, 1.54) is 167 Å². The van der Waals surface area contributed by atoms with E-state index in [9.17, 15) is 75.7 Å². The molecule has 3 saturated heterocycles. The first-order valence-electron chi connectivity index (χ1n) is 35.1. The molecule has 3 fully saturated rings. The van der Waals surface area contributed by atoms with Gasteiger partial charge in [-0.2, -0.15) is 0 Å². The number of rotatable bonds is 53. The summed E-state index contributed by atoms with van der Waals surface area (Å²) in [7, 11) is 0. The van der Waals surface area contributed by atoms with Crippen LogP contribution in [0.1, 0.15) is 258 Å². The van der Waals surface area contributed by atoms with Gasteiger partial charge in [0.1, 0.15) is 67.1 Å². The highest BCUT2D eigenvalue weighted by atomic mass is 16.8.